The lowest BCUT2D eigenvalue weighted by atomic mass is 9.76. The summed E-state index contributed by atoms with van der Waals surface area (Å²) < 4.78 is 67.9. The van der Waals surface area contributed by atoms with E-state index < -0.39 is 29.4 Å². The van der Waals surface area contributed by atoms with Crippen LogP contribution in [0, 0.1) is 5.82 Å². The highest BCUT2D eigenvalue weighted by Gasteiger charge is 2.48. The number of amides is 1. The molecule has 2 heterocycles. The number of halogens is 4. The van der Waals surface area contributed by atoms with Crippen LogP contribution in [-0.2, 0) is 14.9 Å². The van der Waals surface area contributed by atoms with Crippen molar-refractivity contribution in [1.29, 1.82) is 0 Å². The molecule has 3 aromatic rings. The Hall–Kier alpha value is -3.11. The number of hydrogen-bond donors (Lipinski definition) is 2. The molecule has 0 radical (unpaired) electrons. The van der Waals surface area contributed by atoms with Crippen LogP contribution < -0.4 is 4.74 Å². The summed E-state index contributed by atoms with van der Waals surface area (Å²) in [4.78, 5) is 15.6. The van der Waals surface area contributed by atoms with Crippen LogP contribution in [0.5, 0.6) is 5.75 Å². The van der Waals surface area contributed by atoms with Crippen LogP contribution in [0.3, 0.4) is 0 Å². The molecule has 4 rings (SSSR count). The maximum absolute atomic E-state index is 14.3. The second kappa shape index (κ2) is 10.3. The molecule has 1 saturated heterocycles. The lowest BCUT2D eigenvalue weighted by molar-refractivity contribution is -0.175. The highest BCUT2D eigenvalue weighted by atomic mass is 19.4. The van der Waals surface area contributed by atoms with E-state index in [9.17, 15) is 27.5 Å². The van der Waals surface area contributed by atoms with Crippen molar-refractivity contribution >= 4 is 17.3 Å². The maximum atomic E-state index is 14.3. The number of ether oxygens (including phenoxy) is 2. The van der Waals surface area contributed by atoms with Gasteiger partial charge in [0.15, 0.2) is 0 Å². The van der Waals surface area contributed by atoms with E-state index in [0.29, 0.717) is 41.9 Å². The van der Waals surface area contributed by atoms with E-state index in [1.807, 2.05) is 0 Å². The highest BCUT2D eigenvalue weighted by Crippen LogP contribution is 2.44. The number of methoxy groups -OCH3 is 1. The van der Waals surface area contributed by atoms with E-state index in [-0.39, 0.29) is 18.2 Å². The second-order valence-electron chi connectivity index (χ2n) is 10.1. The summed E-state index contributed by atoms with van der Waals surface area (Å²) in [6.07, 6.45) is -6.51. The van der Waals surface area contributed by atoms with Crippen molar-refractivity contribution in [3.8, 4) is 5.75 Å². The zero-order valence-corrected chi connectivity index (χ0v) is 20.8. The van der Waals surface area contributed by atoms with Crippen molar-refractivity contribution < 1.29 is 36.9 Å². The number of aromatic nitrogens is 1. The molecular formula is C27H30F4N2O4. The molecule has 1 aliphatic rings. The van der Waals surface area contributed by atoms with Crippen LogP contribution in [0.25, 0.3) is 10.9 Å². The van der Waals surface area contributed by atoms with Gasteiger partial charge >= 0.3 is 6.18 Å². The molecule has 1 aromatic heterocycles. The maximum Gasteiger partial charge on any atom is 0.399 e. The number of aromatic amines is 1. The molecule has 3 atom stereocenters. The number of rotatable bonds is 8. The van der Waals surface area contributed by atoms with Gasteiger partial charge in [0.05, 0.1) is 26.4 Å². The molecule has 1 fully saturated rings. The number of benzene rings is 2. The van der Waals surface area contributed by atoms with E-state index in [1.165, 1.54) is 31.4 Å². The van der Waals surface area contributed by atoms with Gasteiger partial charge in [-0.15, -0.1) is 0 Å². The van der Waals surface area contributed by atoms with Gasteiger partial charge in [-0.1, -0.05) is 26.0 Å². The molecular weight excluding hydrogens is 492 g/mol. The van der Waals surface area contributed by atoms with Crippen molar-refractivity contribution in [3.05, 3.63) is 65.1 Å². The summed E-state index contributed by atoms with van der Waals surface area (Å²) in [5, 5.41) is 11.5. The van der Waals surface area contributed by atoms with Crippen LogP contribution in [0.15, 0.2) is 42.5 Å². The Bertz CT molecular complexity index is 1260. The largest absolute Gasteiger partial charge is 0.496 e. The number of aliphatic hydroxyl groups excluding tert-OH is 1. The van der Waals surface area contributed by atoms with Gasteiger partial charge in [0.25, 0.3) is 0 Å². The fraction of sp³-hybridized carbons (Fsp3) is 0.444. The Kier molecular flexibility index (Phi) is 7.52. The molecule has 1 amide bonds. The number of nitrogens with zero attached hydrogens (tertiary/aromatic N) is 1. The third-order valence-electron chi connectivity index (χ3n) is 6.97. The van der Waals surface area contributed by atoms with E-state index in [0.717, 1.165) is 12.0 Å². The van der Waals surface area contributed by atoms with Gasteiger partial charge in [-0.25, -0.2) is 4.39 Å². The van der Waals surface area contributed by atoms with Gasteiger partial charge in [-0.2, -0.15) is 13.2 Å². The Morgan fingerprint density at radius 2 is 1.97 bits per heavy atom. The summed E-state index contributed by atoms with van der Waals surface area (Å²) in [7, 11) is 1.40. The summed E-state index contributed by atoms with van der Waals surface area (Å²) in [6, 6.07) is 10.4. The quantitative estimate of drug-likeness (QED) is 0.314. The van der Waals surface area contributed by atoms with Gasteiger partial charge < -0.3 is 24.5 Å². The minimum atomic E-state index is -4.75. The number of carbonyl (C=O) groups is 1. The molecule has 200 valence electrons. The Morgan fingerprint density at radius 1 is 1.22 bits per heavy atom. The summed E-state index contributed by atoms with van der Waals surface area (Å²) in [6.45, 7) is 4.49. The van der Waals surface area contributed by atoms with Crippen molar-refractivity contribution in [2.45, 2.75) is 50.0 Å². The van der Waals surface area contributed by atoms with Gasteiger partial charge in [-0.05, 0) is 53.1 Å². The average molecular weight is 523 g/mol. The minimum absolute atomic E-state index is 0.173. The Balaban J connectivity index is 1.64. The number of nitrogens with one attached hydrogen (secondary N) is 1. The van der Waals surface area contributed by atoms with Crippen molar-refractivity contribution in [1.82, 2.24) is 9.88 Å². The monoisotopic (exact) mass is 522 g/mol. The third-order valence-corrected chi connectivity index (χ3v) is 6.97. The zero-order chi connectivity index (χ0) is 27.0. The van der Waals surface area contributed by atoms with Gasteiger partial charge in [0.2, 0.25) is 6.41 Å². The number of aliphatic hydroxyl groups is 1. The third kappa shape index (κ3) is 5.75. The van der Waals surface area contributed by atoms with Gasteiger partial charge in [0.1, 0.15) is 23.6 Å². The van der Waals surface area contributed by atoms with Crippen molar-refractivity contribution in [3.63, 3.8) is 0 Å². The van der Waals surface area contributed by atoms with Crippen LogP contribution in [0.1, 0.15) is 49.1 Å². The predicted octanol–water partition coefficient (Wildman–Crippen LogP) is 5.22. The Morgan fingerprint density at radius 3 is 2.65 bits per heavy atom. The first-order chi connectivity index (χ1) is 17.4. The predicted molar refractivity (Wildman–Crippen MR) is 130 cm³/mol. The lowest BCUT2D eigenvalue weighted by Gasteiger charge is -2.33. The molecule has 6 nitrogen and oxygen atoms in total. The van der Waals surface area contributed by atoms with E-state index in [4.69, 9.17) is 9.47 Å². The molecule has 37 heavy (non-hydrogen) atoms. The standard InChI is InChI=1S/C27H30F4N2O4/c1-26(2,19-12-18(28)6-7-23(19)36-3)13-22(35)25(27(29,30)31)21-10-16-4-5-17(11-20(16)32-21)24-14-33(15-34)8-9-37-24/h4-7,10-12,15,22,24-25,32,35H,8-9,13-14H2,1-3H3. The number of morpholine rings is 1. The van der Waals surface area contributed by atoms with Crippen molar-refractivity contribution in [2.24, 2.45) is 0 Å². The van der Waals surface area contributed by atoms with Crippen LogP contribution >= 0.6 is 0 Å². The number of H-pyrrole nitrogens is 1. The molecule has 2 N–H and O–H groups in total. The van der Waals surface area contributed by atoms with Crippen molar-refractivity contribution in [2.75, 3.05) is 26.8 Å². The minimum Gasteiger partial charge on any atom is -0.496 e. The summed E-state index contributed by atoms with van der Waals surface area (Å²) in [5.74, 6) is -2.41. The van der Waals surface area contributed by atoms with E-state index in [1.54, 1.807) is 36.9 Å². The van der Waals surface area contributed by atoms with Gasteiger partial charge in [-0.3, -0.25) is 4.79 Å². The first kappa shape index (κ1) is 26.9. The smallest absolute Gasteiger partial charge is 0.399 e. The summed E-state index contributed by atoms with van der Waals surface area (Å²) in [5.41, 5.74) is 0.363. The van der Waals surface area contributed by atoms with E-state index >= 15 is 0 Å². The first-order valence-electron chi connectivity index (χ1n) is 12.0. The number of carbonyl (C=O) groups excluding carboxylic acids is 1. The molecule has 0 saturated carbocycles. The molecule has 0 bridgehead atoms. The molecule has 0 spiro atoms. The molecule has 3 unspecified atom stereocenters. The fourth-order valence-electron chi connectivity index (χ4n) is 5.06. The average Bonchev–Trinajstić information content (AvgIpc) is 3.25. The zero-order valence-electron chi connectivity index (χ0n) is 20.8. The molecule has 2 aromatic carbocycles. The second-order valence-corrected chi connectivity index (χ2v) is 10.1. The van der Waals surface area contributed by atoms with Crippen LogP contribution in [0.2, 0.25) is 0 Å². The van der Waals surface area contributed by atoms with Crippen LogP contribution in [-0.4, -0.2) is 60.5 Å². The highest BCUT2D eigenvalue weighted by molar-refractivity contribution is 5.81. The molecule has 10 heteroatoms. The first-order valence-corrected chi connectivity index (χ1v) is 12.0. The Labute approximate surface area is 212 Å². The topological polar surface area (TPSA) is 74.8 Å². The number of fused-ring (bicyclic) bond motifs is 1. The van der Waals surface area contributed by atoms with Gasteiger partial charge in [0, 0.05) is 23.3 Å². The van der Waals surface area contributed by atoms with Crippen LogP contribution in [0.4, 0.5) is 17.6 Å². The lowest BCUT2D eigenvalue weighted by Crippen LogP contribution is -2.37. The summed E-state index contributed by atoms with van der Waals surface area (Å²) >= 11 is 0. The normalized spacial score (nSPS) is 18.6. The fourth-order valence-corrected chi connectivity index (χ4v) is 5.06. The number of alkyl halides is 3. The van der Waals surface area contributed by atoms with E-state index in [2.05, 4.69) is 4.98 Å². The molecule has 0 aliphatic carbocycles. The number of hydrogen-bond acceptors (Lipinski definition) is 4. The SMILES string of the molecule is COc1ccc(F)cc1C(C)(C)CC(O)C(c1cc2ccc(C3CN(C=O)CCO3)cc2[nH]1)C(F)(F)F. The molecule has 1 aliphatic heterocycles.